The highest BCUT2D eigenvalue weighted by Crippen LogP contribution is 2.15. The van der Waals surface area contributed by atoms with E-state index in [0.717, 1.165) is 10.7 Å². The second-order valence-corrected chi connectivity index (χ2v) is 5.50. The summed E-state index contributed by atoms with van der Waals surface area (Å²) in [5, 5.41) is 9.30. The zero-order valence-corrected chi connectivity index (χ0v) is 11.7. The van der Waals surface area contributed by atoms with Crippen molar-refractivity contribution in [2.45, 2.75) is 46.2 Å². The maximum Gasteiger partial charge on any atom is 0.221 e. The molecule has 0 fully saturated rings. The van der Waals surface area contributed by atoms with Crippen molar-refractivity contribution in [1.82, 2.24) is 15.6 Å². The van der Waals surface area contributed by atoms with Gasteiger partial charge in [0, 0.05) is 30.4 Å². The Morgan fingerprint density at radius 1 is 1.47 bits per heavy atom. The summed E-state index contributed by atoms with van der Waals surface area (Å²) in [5.41, 5.74) is 1.05. The number of aromatic nitrogens is 1. The van der Waals surface area contributed by atoms with E-state index in [0.29, 0.717) is 13.0 Å². The Balaban J connectivity index is 2.25. The van der Waals surface area contributed by atoms with Crippen LogP contribution in [0.4, 0.5) is 0 Å². The van der Waals surface area contributed by atoms with E-state index in [2.05, 4.69) is 27.9 Å². The second kappa shape index (κ2) is 6.71. The molecule has 2 N–H and O–H groups in total. The first kappa shape index (κ1) is 14.1. The molecular weight excluding hydrogens is 234 g/mol. The van der Waals surface area contributed by atoms with Crippen molar-refractivity contribution >= 4 is 17.2 Å². The van der Waals surface area contributed by atoms with E-state index in [4.69, 9.17) is 0 Å². The molecule has 0 aliphatic carbocycles. The fourth-order valence-electron chi connectivity index (χ4n) is 1.48. The average molecular weight is 255 g/mol. The van der Waals surface area contributed by atoms with Gasteiger partial charge in [0.1, 0.15) is 0 Å². The number of carbonyl (C=O) groups excluding carboxylic acids is 1. The lowest BCUT2D eigenvalue weighted by atomic mass is 10.2. The smallest absolute Gasteiger partial charge is 0.221 e. The molecule has 0 radical (unpaired) electrons. The van der Waals surface area contributed by atoms with Crippen LogP contribution in [0.1, 0.15) is 43.9 Å². The second-order valence-electron chi connectivity index (χ2n) is 4.44. The lowest BCUT2D eigenvalue weighted by molar-refractivity contribution is -0.121. The van der Waals surface area contributed by atoms with E-state index < -0.39 is 0 Å². The van der Waals surface area contributed by atoms with Crippen molar-refractivity contribution in [1.29, 1.82) is 0 Å². The van der Waals surface area contributed by atoms with Gasteiger partial charge >= 0.3 is 0 Å². The zero-order chi connectivity index (χ0) is 12.8. The summed E-state index contributed by atoms with van der Waals surface area (Å²) in [6.45, 7) is 8.67. The van der Waals surface area contributed by atoms with Gasteiger partial charge in [-0.05, 0) is 27.7 Å². The average Bonchev–Trinajstić information content (AvgIpc) is 2.63. The maximum absolute atomic E-state index is 11.4. The number of nitrogens with one attached hydrogen (secondary N) is 2. The number of nitrogens with zero attached hydrogens (tertiary/aromatic N) is 1. The van der Waals surface area contributed by atoms with E-state index >= 15 is 0 Å². The molecule has 1 aromatic rings. The molecule has 0 aromatic carbocycles. The third-order valence-corrected chi connectivity index (χ3v) is 3.12. The number of thiazole rings is 1. The van der Waals surface area contributed by atoms with Crippen LogP contribution in [0.5, 0.6) is 0 Å². The summed E-state index contributed by atoms with van der Waals surface area (Å²) >= 11 is 1.65. The topological polar surface area (TPSA) is 54.0 Å². The van der Waals surface area contributed by atoms with Crippen LogP contribution < -0.4 is 10.6 Å². The largest absolute Gasteiger partial charge is 0.354 e. The van der Waals surface area contributed by atoms with Gasteiger partial charge < -0.3 is 10.6 Å². The fraction of sp³-hybridized carbons (Fsp3) is 0.667. The molecule has 1 rings (SSSR count). The van der Waals surface area contributed by atoms with Crippen molar-refractivity contribution in [3.63, 3.8) is 0 Å². The van der Waals surface area contributed by atoms with Crippen LogP contribution in [0, 0.1) is 6.92 Å². The number of carbonyl (C=O) groups is 1. The lowest BCUT2D eigenvalue weighted by Crippen LogP contribution is -2.33. The predicted octanol–water partition coefficient (Wildman–Crippen LogP) is 2.02. The third kappa shape index (κ3) is 5.28. The number of aryl methyl sites for hydroxylation is 1. The van der Waals surface area contributed by atoms with Crippen LogP contribution >= 0.6 is 11.3 Å². The molecule has 0 saturated heterocycles. The first-order valence-electron chi connectivity index (χ1n) is 5.94. The van der Waals surface area contributed by atoms with Crippen LogP contribution in [-0.2, 0) is 4.79 Å². The van der Waals surface area contributed by atoms with Crippen LogP contribution in [0.15, 0.2) is 5.38 Å². The van der Waals surface area contributed by atoms with Crippen LogP contribution in [-0.4, -0.2) is 23.5 Å². The molecule has 1 atom stereocenters. The summed E-state index contributed by atoms with van der Waals surface area (Å²) in [4.78, 5) is 15.8. The molecule has 96 valence electrons. The minimum absolute atomic E-state index is 0.0918. The molecule has 1 amide bonds. The summed E-state index contributed by atoms with van der Waals surface area (Å²) in [6.07, 6.45) is 0.506. The zero-order valence-electron chi connectivity index (χ0n) is 10.9. The first-order chi connectivity index (χ1) is 7.99. The van der Waals surface area contributed by atoms with E-state index in [-0.39, 0.29) is 18.0 Å². The van der Waals surface area contributed by atoms with Gasteiger partial charge in [0.25, 0.3) is 0 Å². The highest BCUT2D eigenvalue weighted by atomic mass is 32.1. The molecule has 17 heavy (non-hydrogen) atoms. The number of amides is 1. The molecule has 0 bridgehead atoms. The predicted molar refractivity (Wildman–Crippen MR) is 71.2 cm³/mol. The van der Waals surface area contributed by atoms with Crippen molar-refractivity contribution in [2.24, 2.45) is 0 Å². The molecule has 1 heterocycles. The number of hydrogen-bond acceptors (Lipinski definition) is 4. The van der Waals surface area contributed by atoms with Gasteiger partial charge in [-0.15, -0.1) is 11.3 Å². The minimum Gasteiger partial charge on any atom is -0.354 e. The van der Waals surface area contributed by atoms with Gasteiger partial charge in [0.15, 0.2) is 0 Å². The standard InChI is InChI=1S/C12H21N3OS/c1-8(2)14-12(16)5-6-13-9(3)11-7-17-10(4)15-11/h7-9,13H,5-6H2,1-4H3,(H,14,16). The molecule has 5 heteroatoms. The first-order valence-corrected chi connectivity index (χ1v) is 6.81. The summed E-state index contributed by atoms with van der Waals surface area (Å²) in [7, 11) is 0. The molecule has 0 aliphatic heterocycles. The Hall–Kier alpha value is -0.940. The van der Waals surface area contributed by atoms with Crippen molar-refractivity contribution in [3.8, 4) is 0 Å². The van der Waals surface area contributed by atoms with E-state index in [1.807, 2.05) is 20.8 Å². The summed E-state index contributed by atoms with van der Waals surface area (Å²) < 4.78 is 0. The quantitative estimate of drug-likeness (QED) is 0.817. The monoisotopic (exact) mass is 255 g/mol. The SMILES string of the molecule is Cc1nc(C(C)NCCC(=O)NC(C)C)cs1. The summed E-state index contributed by atoms with van der Waals surface area (Å²) in [6, 6.07) is 0.410. The summed E-state index contributed by atoms with van der Waals surface area (Å²) in [5.74, 6) is 0.0918. The Bertz CT molecular complexity index is 362. The Morgan fingerprint density at radius 2 is 2.18 bits per heavy atom. The van der Waals surface area contributed by atoms with Crippen molar-refractivity contribution < 1.29 is 4.79 Å². The molecule has 0 aliphatic rings. The molecule has 4 nitrogen and oxygen atoms in total. The lowest BCUT2D eigenvalue weighted by Gasteiger charge is -2.12. The van der Waals surface area contributed by atoms with Gasteiger partial charge in [-0.3, -0.25) is 4.79 Å². The van der Waals surface area contributed by atoms with Crippen LogP contribution in [0.25, 0.3) is 0 Å². The highest BCUT2D eigenvalue weighted by Gasteiger charge is 2.09. The third-order valence-electron chi connectivity index (χ3n) is 2.33. The molecular formula is C12H21N3OS. The van der Waals surface area contributed by atoms with E-state index in [1.165, 1.54) is 0 Å². The Labute approximate surface area is 107 Å². The van der Waals surface area contributed by atoms with Crippen LogP contribution in [0.3, 0.4) is 0 Å². The molecule has 0 spiro atoms. The maximum atomic E-state index is 11.4. The molecule has 1 unspecified atom stereocenters. The van der Waals surface area contributed by atoms with Gasteiger partial charge in [-0.25, -0.2) is 4.98 Å². The van der Waals surface area contributed by atoms with Gasteiger partial charge in [-0.2, -0.15) is 0 Å². The Morgan fingerprint density at radius 3 is 2.71 bits per heavy atom. The van der Waals surface area contributed by atoms with Crippen molar-refractivity contribution in [3.05, 3.63) is 16.1 Å². The fourth-order valence-corrected chi connectivity index (χ4v) is 2.19. The number of rotatable bonds is 6. The Kier molecular flexibility index (Phi) is 5.58. The van der Waals surface area contributed by atoms with E-state index in [1.54, 1.807) is 11.3 Å². The highest BCUT2D eigenvalue weighted by molar-refractivity contribution is 7.09. The van der Waals surface area contributed by atoms with Crippen molar-refractivity contribution in [2.75, 3.05) is 6.54 Å². The van der Waals surface area contributed by atoms with Gasteiger partial charge in [0.2, 0.25) is 5.91 Å². The molecule has 1 aromatic heterocycles. The van der Waals surface area contributed by atoms with Crippen LogP contribution in [0.2, 0.25) is 0 Å². The van der Waals surface area contributed by atoms with Gasteiger partial charge in [-0.1, -0.05) is 0 Å². The normalized spacial score (nSPS) is 12.8. The number of hydrogen-bond donors (Lipinski definition) is 2. The van der Waals surface area contributed by atoms with E-state index in [9.17, 15) is 4.79 Å². The minimum atomic E-state index is 0.0918. The van der Waals surface area contributed by atoms with Gasteiger partial charge in [0.05, 0.1) is 10.7 Å². The molecule has 0 saturated carbocycles.